The van der Waals surface area contributed by atoms with E-state index in [-0.39, 0.29) is 0 Å². The first kappa shape index (κ1) is 11.4. The SMILES string of the molecule is O=C(/C=C/c1c[nH]c2ccccc12)C(F)(F)F. The zero-order valence-electron chi connectivity index (χ0n) is 8.58. The van der Waals surface area contributed by atoms with Crippen LogP contribution < -0.4 is 0 Å². The van der Waals surface area contributed by atoms with E-state index in [9.17, 15) is 18.0 Å². The Hall–Kier alpha value is -2.04. The molecule has 2 nitrogen and oxygen atoms in total. The quantitative estimate of drug-likeness (QED) is 0.801. The molecule has 0 amide bonds. The predicted octanol–water partition coefficient (Wildman–Crippen LogP) is 3.31. The van der Waals surface area contributed by atoms with Gasteiger partial charge in [0.1, 0.15) is 0 Å². The number of nitrogens with one attached hydrogen (secondary N) is 1. The molecule has 0 saturated heterocycles. The third-order valence-corrected chi connectivity index (χ3v) is 2.31. The second-order valence-corrected chi connectivity index (χ2v) is 3.48. The van der Waals surface area contributed by atoms with Crippen LogP contribution in [0.15, 0.2) is 36.5 Å². The summed E-state index contributed by atoms with van der Waals surface area (Å²) in [6, 6.07) is 7.16. The van der Waals surface area contributed by atoms with E-state index in [2.05, 4.69) is 4.98 Å². The number of fused-ring (bicyclic) bond motifs is 1. The van der Waals surface area contributed by atoms with Crippen molar-refractivity contribution in [3.63, 3.8) is 0 Å². The number of H-pyrrole nitrogens is 1. The molecule has 1 N–H and O–H groups in total. The number of para-hydroxylation sites is 1. The number of carbonyl (C=O) groups excluding carboxylic acids is 1. The van der Waals surface area contributed by atoms with E-state index in [1.165, 1.54) is 0 Å². The Balaban J connectivity index is 2.31. The monoisotopic (exact) mass is 239 g/mol. The van der Waals surface area contributed by atoms with Gasteiger partial charge in [0.15, 0.2) is 0 Å². The number of halogens is 3. The molecule has 17 heavy (non-hydrogen) atoms. The number of benzene rings is 1. The van der Waals surface area contributed by atoms with Gasteiger partial charge in [-0.25, -0.2) is 0 Å². The molecule has 1 aromatic carbocycles. The zero-order chi connectivity index (χ0) is 12.5. The van der Waals surface area contributed by atoms with Crippen molar-refractivity contribution in [3.8, 4) is 0 Å². The van der Waals surface area contributed by atoms with Crippen molar-refractivity contribution in [3.05, 3.63) is 42.1 Å². The smallest absolute Gasteiger partial charge is 0.361 e. The number of alkyl halides is 3. The molecule has 0 fully saturated rings. The van der Waals surface area contributed by atoms with Crippen molar-refractivity contribution < 1.29 is 18.0 Å². The fourth-order valence-corrected chi connectivity index (χ4v) is 1.49. The molecule has 0 saturated carbocycles. The summed E-state index contributed by atoms with van der Waals surface area (Å²) in [6.07, 6.45) is -1.56. The van der Waals surface area contributed by atoms with E-state index in [1.54, 1.807) is 24.4 Å². The Morgan fingerprint density at radius 1 is 1.24 bits per heavy atom. The normalized spacial score (nSPS) is 12.4. The van der Waals surface area contributed by atoms with Crippen LogP contribution in [-0.4, -0.2) is 16.9 Å². The molecule has 0 aliphatic heterocycles. The van der Waals surface area contributed by atoms with Crippen LogP contribution in [0.1, 0.15) is 5.56 Å². The van der Waals surface area contributed by atoms with Crippen molar-refractivity contribution in [2.75, 3.05) is 0 Å². The highest BCUT2D eigenvalue weighted by Gasteiger charge is 2.35. The number of aromatic amines is 1. The number of carbonyl (C=O) groups is 1. The molecule has 2 aromatic rings. The molecule has 0 bridgehead atoms. The van der Waals surface area contributed by atoms with Gasteiger partial charge < -0.3 is 4.98 Å². The van der Waals surface area contributed by atoms with Crippen LogP contribution in [0.25, 0.3) is 17.0 Å². The van der Waals surface area contributed by atoms with E-state index in [1.807, 2.05) is 6.07 Å². The Bertz CT molecular complexity index is 581. The highest BCUT2D eigenvalue weighted by atomic mass is 19.4. The van der Waals surface area contributed by atoms with Crippen LogP contribution in [0.5, 0.6) is 0 Å². The minimum atomic E-state index is -4.82. The third-order valence-electron chi connectivity index (χ3n) is 2.31. The molecule has 0 aliphatic carbocycles. The summed E-state index contributed by atoms with van der Waals surface area (Å²) in [5.74, 6) is -1.86. The summed E-state index contributed by atoms with van der Waals surface area (Å²) in [5, 5.41) is 0.777. The predicted molar refractivity (Wildman–Crippen MR) is 58.4 cm³/mol. The summed E-state index contributed by atoms with van der Waals surface area (Å²) in [5.41, 5.74) is 1.37. The number of aromatic nitrogens is 1. The minimum absolute atomic E-state index is 0.537. The van der Waals surface area contributed by atoms with Gasteiger partial charge in [0.2, 0.25) is 0 Å². The summed E-state index contributed by atoms with van der Waals surface area (Å²) in [7, 11) is 0. The molecule has 0 unspecified atom stereocenters. The maximum absolute atomic E-state index is 12.0. The number of hydrogen-bond acceptors (Lipinski definition) is 1. The fourth-order valence-electron chi connectivity index (χ4n) is 1.49. The molecule has 88 valence electrons. The lowest BCUT2D eigenvalue weighted by Gasteiger charge is -1.98. The minimum Gasteiger partial charge on any atom is -0.361 e. The van der Waals surface area contributed by atoms with Crippen molar-refractivity contribution in [2.45, 2.75) is 6.18 Å². The molecule has 1 aromatic heterocycles. The van der Waals surface area contributed by atoms with E-state index in [0.29, 0.717) is 11.6 Å². The second-order valence-electron chi connectivity index (χ2n) is 3.48. The van der Waals surface area contributed by atoms with Crippen LogP contribution in [0.2, 0.25) is 0 Å². The Morgan fingerprint density at radius 3 is 2.65 bits per heavy atom. The lowest BCUT2D eigenvalue weighted by atomic mass is 10.1. The lowest BCUT2D eigenvalue weighted by Crippen LogP contribution is -2.19. The Labute approximate surface area is 94.8 Å². The number of hydrogen-bond donors (Lipinski definition) is 1. The fraction of sp³-hybridized carbons (Fsp3) is 0.0833. The van der Waals surface area contributed by atoms with Gasteiger partial charge in [-0.1, -0.05) is 18.2 Å². The largest absolute Gasteiger partial charge is 0.454 e. The van der Waals surface area contributed by atoms with Crippen LogP contribution in [0, 0.1) is 0 Å². The first-order valence-electron chi connectivity index (χ1n) is 4.84. The molecular weight excluding hydrogens is 231 g/mol. The maximum Gasteiger partial charge on any atom is 0.454 e. The van der Waals surface area contributed by atoms with Crippen molar-refractivity contribution in [2.24, 2.45) is 0 Å². The van der Waals surface area contributed by atoms with Crippen LogP contribution >= 0.6 is 0 Å². The molecule has 5 heteroatoms. The van der Waals surface area contributed by atoms with Crippen molar-refractivity contribution in [1.29, 1.82) is 0 Å². The van der Waals surface area contributed by atoms with Crippen molar-refractivity contribution >= 4 is 22.8 Å². The van der Waals surface area contributed by atoms with Crippen molar-refractivity contribution in [1.82, 2.24) is 4.98 Å². The van der Waals surface area contributed by atoms with E-state index >= 15 is 0 Å². The third kappa shape index (κ3) is 2.38. The maximum atomic E-state index is 12.0. The van der Waals surface area contributed by atoms with Gasteiger partial charge in [-0.3, -0.25) is 4.79 Å². The van der Waals surface area contributed by atoms with Gasteiger partial charge >= 0.3 is 6.18 Å². The molecule has 0 aliphatic rings. The Morgan fingerprint density at radius 2 is 1.94 bits per heavy atom. The average molecular weight is 239 g/mol. The van der Waals surface area contributed by atoms with E-state index < -0.39 is 12.0 Å². The van der Waals surface area contributed by atoms with Gasteiger partial charge in [0, 0.05) is 17.1 Å². The zero-order valence-corrected chi connectivity index (χ0v) is 8.58. The summed E-state index contributed by atoms with van der Waals surface area (Å²) < 4.78 is 35.9. The lowest BCUT2D eigenvalue weighted by molar-refractivity contribution is -0.165. The van der Waals surface area contributed by atoms with Gasteiger partial charge in [0.05, 0.1) is 0 Å². The average Bonchev–Trinajstić information content (AvgIpc) is 2.68. The second kappa shape index (κ2) is 4.08. The standard InChI is InChI=1S/C12H8F3NO/c13-12(14,15)11(17)6-5-8-7-16-10-4-2-1-3-9(8)10/h1-7,16H/b6-5+. The molecule has 0 spiro atoms. The molecule has 1 heterocycles. The summed E-state index contributed by atoms with van der Waals surface area (Å²) in [4.78, 5) is 13.6. The number of allylic oxidation sites excluding steroid dienone is 1. The molecule has 0 radical (unpaired) electrons. The highest BCUT2D eigenvalue weighted by Crippen LogP contribution is 2.21. The topological polar surface area (TPSA) is 32.9 Å². The highest BCUT2D eigenvalue weighted by molar-refractivity contribution is 6.00. The first-order valence-corrected chi connectivity index (χ1v) is 4.84. The Kier molecular flexibility index (Phi) is 2.75. The van der Waals surface area contributed by atoms with Crippen LogP contribution in [0.3, 0.4) is 0 Å². The van der Waals surface area contributed by atoms with Crippen LogP contribution in [0.4, 0.5) is 13.2 Å². The number of ketones is 1. The van der Waals surface area contributed by atoms with E-state index in [4.69, 9.17) is 0 Å². The van der Waals surface area contributed by atoms with Crippen LogP contribution in [-0.2, 0) is 4.79 Å². The van der Waals surface area contributed by atoms with Gasteiger partial charge in [-0.15, -0.1) is 0 Å². The van der Waals surface area contributed by atoms with Gasteiger partial charge in [-0.05, 0) is 23.8 Å². The first-order chi connectivity index (χ1) is 7.98. The number of rotatable bonds is 2. The molecule has 2 rings (SSSR count). The summed E-state index contributed by atoms with van der Waals surface area (Å²) >= 11 is 0. The molecular formula is C12H8F3NO. The summed E-state index contributed by atoms with van der Waals surface area (Å²) in [6.45, 7) is 0. The van der Waals surface area contributed by atoms with Gasteiger partial charge in [-0.2, -0.15) is 13.2 Å². The molecule has 0 atom stereocenters. The van der Waals surface area contributed by atoms with Gasteiger partial charge in [0.25, 0.3) is 5.78 Å². The van der Waals surface area contributed by atoms with E-state index in [0.717, 1.165) is 17.0 Å².